The van der Waals surface area contributed by atoms with Gasteiger partial charge in [0.05, 0.1) is 6.33 Å². The molecule has 0 saturated carbocycles. The average Bonchev–Trinajstić information content (AvgIpc) is 2.92. The van der Waals surface area contributed by atoms with Crippen molar-refractivity contribution < 1.29 is 9.59 Å². The molecule has 0 bridgehead atoms. The van der Waals surface area contributed by atoms with Crippen LogP contribution in [0.5, 0.6) is 0 Å². The van der Waals surface area contributed by atoms with Gasteiger partial charge in [0.1, 0.15) is 0 Å². The zero-order chi connectivity index (χ0) is 14.4. The highest BCUT2D eigenvalue weighted by Crippen LogP contribution is 2.09. The number of carbonyl (C=O) groups is 2. The molecule has 0 fully saturated rings. The Hall–Kier alpha value is -2.63. The Morgan fingerprint density at radius 3 is 2.60 bits per heavy atom. The van der Waals surface area contributed by atoms with Crippen LogP contribution >= 0.6 is 0 Å². The molecule has 0 aliphatic rings. The molecule has 0 atom stereocenters. The smallest absolute Gasteiger partial charge is 0.251 e. The highest BCUT2D eigenvalue weighted by Gasteiger charge is 2.05. The summed E-state index contributed by atoms with van der Waals surface area (Å²) >= 11 is 0. The first-order valence-electron chi connectivity index (χ1n) is 6.27. The lowest BCUT2D eigenvalue weighted by atomic mass is 10.2. The van der Waals surface area contributed by atoms with E-state index in [-0.39, 0.29) is 11.8 Å². The van der Waals surface area contributed by atoms with Gasteiger partial charge in [-0.1, -0.05) is 0 Å². The fourth-order valence-electron chi connectivity index (χ4n) is 1.73. The Bertz CT molecular complexity index is 576. The largest absolute Gasteiger partial charge is 0.350 e. The van der Waals surface area contributed by atoms with Crippen molar-refractivity contribution >= 4 is 17.5 Å². The van der Waals surface area contributed by atoms with E-state index in [1.165, 1.54) is 6.92 Å². The van der Waals surface area contributed by atoms with Gasteiger partial charge in [0.25, 0.3) is 5.91 Å². The lowest BCUT2D eigenvalue weighted by Crippen LogP contribution is -2.26. The van der Waals surface area contributed by atoms with Crippen molar-refractivity contribution in [1.29, 1.82) is 0 Å². The molecule has 2 N–H and O–H groups in total. The summed E-state index contributed by atoms with van der Waals surface area (Å²) in [6.45, 7) is 2.65. The fourth-order valence-corrected chi connectivity index (χ4v) is 1.73. The molecular formula is C14H16N4O2. The molecule has 0 aliphatic heterocycles. The summed E-state index contributed by atoms with van der Waals surface area (Å²) in [6, 6.07) is 6.76. The van der Waals surface area contributed by atoms with E-state index in [1.807, 2.05) is 10.8 Å². The number of hydrogen-bond donors (Lipinski definition) is 2. The number of carbonyl (C=O) groups excluding carboxylic acids is 2. The third kappa shape index (κ3) is 3.94. The lowest BCUT2D eigenvalue weighted by molar-refractivity contribution is -0.114. The van der Waals surface area contributed by atoms with Crippen LogP contribution in [0.2, 0.25) is 0 Å². The molecule has 2 aromatic rings. The molecule has 1 heterocycles. The number of anilines is 1. The highest BCUT2D eigenvalue weighted by molar-refractivity contribution is 5.95. The van der Waals surface area contributed by atoms with E-state index in [2.05, 4.69) is 15.6 Å². The van der Waals surface area contributed by atoms with Gasteiger partial charge in [-0.05, 0) is 24.3 Å². The first-order chi connectivity index (χ1) is 9.65. The first-order valence-corrected chi connectivity index (χ1v) is 6.27. The number of aromatic nitrogens is 2. The van der Waals surface area contributed by atoms with Gasteiger partial charge in [-0.2, -0.15) is 0 Å². The number of hydrogen-bond acceptors (Lipinski definition) is 3. The van der Waals surface area contributed by atoms with Gasteiger partial charge in [0.15, 0.2) is 0 Å². The summed E-state index contributed by atoms with van der Waals surface area (Å²) < 4.78 is 1.89. The predicted molar refractivity (Wildman–Crippen MR) is 75.3 cm³/mol. The van der Waals surface area contributed by atoms with Crippen molar-refractivity contribution in [2.75, 3.05) is 11.9 Å². The normalized spacial score (nSPS) is 10.1. The molecule has 0 aliphatic carbocycles. The zero-order valence-electron chi connectivity index (χ0n) is 11.2. The molecule has 2 rings (SSSR count). The summed E-state index contributed by atoms with van der Waals surface area (Å²) in [6.07, 6.45) is 5.24. The van der Waals surface area contributed by atoms with Crippen molar-refractivity contribution in [1.82, 2.24) is 14.9 Å². The summed E-state index contributed by atoms with van der Waals surface area (Å²) in [7, 11) is 0. The van der Waals surface area contributed by atoms with Gasteiger partial charge in [0.2, 0.25) is 5.91 Å². The van der Waals surface area contributed by atoms with E-state index >= 15 is 0 Å². The van der Waals surface area contributed by atoms with Crippen molar-refractivity contribution in [3.8, 4) is 0 Å². The van der Waals surface area contributed by atoms with E-state index in [0.717, 1.165) is 0 Å². The summed E-state index contributed by atoms with van der Waals surface area (Å²) in [5.74, 6) is -0.276. The number of imidazole rings is 1. The quantitative estimate of drug-likeness (QED) is 0.860. The van der Waals surface area contributed by atoms with Gasteiger partial charge in [-0.3, -0.25) is 9.59 Å². The second-order valence-electron chi connectivity index (χ2n) is 4.31. The Kier molecular flexibility index (Phi) is 4.49. The topological polar surface area (TPSA) is 76.0 Å². The minimum absolute atomic E-state index is 0.137. The third-order valence-electron chi connectivity index (χ3n) is 2.68. The van der Waals surface area contributed by atoms with Crippen molar-refractivity contribution in [3.63, 3.8) is 0 Å². The molecule has 1 aromatic carbocycles. The lowest BCUT2D eigenvalue weighted by Gasteiger charge is -2.07. The SMILES string of the molecule is CC(=O)Nc1ccc(C(=O)NCCn2ccnc2)cc1. The number of nitrogens with zero attached hydrogens (tertiary/aromatic N) is 2. The van der Waals surface area contributed by atoms with E-state index in [1.54, 1.807) is 36.8 Å². The van der Waals surface area contributed by atoms with E-state index in [0.29, 0.717) is 24.3 Å². The number of nitrogens with one attached hydrogen (secondary N) is 2. The van der Waals surface area contributed by atoms with Gasteiger partial charge >= 0.3 is 0 Å². The minimum Gasteiger partial charge on any atom is -0.350 e. The van der Waals surface area contributed by atoms with Crippen LogP contribution in [0, 0.1) is 0 Å². The second-order valence-corrected chi connectivity index (χ2v) is 4.31. The number of benzene rings is 1. The third-order valence-corrected chi connectivity index (χ3v) is 2.68. The predicted octanol–water partition coefficient (Wildman–Crippen LogP) is 1.27. The summed E-state index contributed by atoms with van der Waals surface area (Å²) in [4.78, 5) is 26.7. The molecule has 0 saturated heterocycles. The van der Waals surface area contributed by atoms with Gasteiger partial charge in [-0.25, -0.2) is 4.98 Å². The minimum atomic E-state index is -0.139. The fraction of sp³-hybridized carbons (Fsp3) is 0.214. The van der Waals surface area contributed by atoms with Crippen molar-refractivity contribution in [3.05, 3.63) is 48.5 Å². The van der Waals surface area contributed by atoms with Crippen LogP contribution in [-0.4, -0.2) is 27.9 Å². The number of amides is 2. The van der Waals surface area contributed by atoms with Gasteiger partial charge in [-0.15, -0.1) is 0 Å². The Morgan fingerprint density at radius 1 is 1.25 bits per heavy atom. The van der Waals surface area contributed by atoms with Crippen LogP contribution in [0.3, 0.4) is 0 Å². The molecule has 6 nitrogen and oxygen atoms in total. The maximum atomic E-state index is 11.9. The average molecular weight is 272 g/mol. The molecular weight excluding hydrogens is 256 g/mol. The second kappa shape index (κ2) is 6.51. The first kappa shape index (κ1) is 13.8. The van der Waals surface area contributed by atoms with Gasteiger partial charge in [0, 0.05) is 43.7 Å². The monoisotopic (exact) mass is 272 g/mol. The Morgan fingerprint density at radius 2 is 2.00 bits per heavy atom. The molecule has 20 heavy (non-hydrogen) atoms. The van der Waals surface area contributed by atoms with Crippen molar-refractivity contribution in [2.45, 2.75) is 13.5 Å². The van der Waals surface area contributed by atoms with E-state index < -0.39 is 0 Å². The Balaban J connectivity index is 1.84. The molecule has 0 radical (unpaired) electrons. The zero-order valence-corrected chi connectivity index (χ0v) is 11.2. The van der Waals surface area contributed by atoms with E-state index in [4.69, 9.17) is 0 Å². The number of rotatable bonds is 5. The molecule has 0 unspecified atom stereocenters. The standard InChI is InChI=1S/C14H16N4O2/c1-11(19)17-13-4-2-12(3-5-13)14(20)16-7-9-18-8-6-15-10-18/h2-6,8,10H,7,9H2,1H3,(H,16,20)(H,17,19). The van der Waals surface area contributed by atoms with E-state index in [9.17, 15) is 9.59 Å². The van der Waals surface area contributed by atoms with Crippen LogP contribution in [0.1, 0.15) is 17.3 Å². The highest BCUT2D eigenvalue weighted by atomic mass is 16.2. The van der Waals surface area contributed by atoms with Crippen molar-refractivity contribution in [2.24, 2.45) is 0 Å². The molecule has 1 aromatic heterocycles. The maximum absolute atomic E-state index is 11.9. The molecule has 0 spiro atoms. The Labute approximate surface area is 116 Å². The summed E-state index contributed by atoms with van der Waals surface area (Å²) in [5.41, 5.74) is 1.23. The maximum Gasteiger partial charge on any atom is 0.251 e. The summed E-state index contributed by atoms with van der Waals surface area (Å²) in [5, 5.41) is 5.47. The van der Waals surface area contributed by atoms with Crippen LogP contribution in [0.4, 0.5) is 5.69 Å². The molecule has 6 heteroatoms. The van der Waals surface area contributed by atoms with Crippen LogP contribution in [0.15, 0.2) is 43.0 Å². The molecule has 104 valence electrons. The molecule has 2 amide bonds. The van der Waals surface area contributed by atoms with Gasteiger partial charge < -0.3 is 15.2 Å². The van der Waals surface area contributed by atoms with Crippen LogP contribution in [0.25, 0.3) is 0 Å². The van der Waals surface area contributed by atoms with Crippen LogP contribution in [-0.2, 0) is 11.3 Å². The van der Waals surface area contributed by atoms with Crippen LogP contribution < -0.4 is 10.6 Å².